The van der Waals surface area contributed by atoms with Crippen molar-refractivity contribution in [2.45, 2.75) is 6.42 Å². The average Bonchev–Trinajstić information content (AvgIpc) is 3.22. The molecule has 3 rings (SSSR count). The Morgan fingerprint density at radius 1 is 1.40 bits per heavy atom. The maximum Gasteiger partial charge on any atom is 0.243 e. The highest BCUT2D eigenvalue weighted by molar-refractivity contribution is 7.99. The monoisotopic (exact) mass is 289 g/mol. The Hall–Kier alpha value is -1.82. The molecule has 0 radical (unpaired) electrons. The van der Waals surface area contributed by atoms with E-state index in [1.54, 1.807) is 0 Å². The zero-order valence-electron chi connectivity index (χ0n) is 11.1. The Labute approximate surface area is 121 Å². The SMILES string of the molecule is CSCC(=O)Nc1ccc(C2=NNC(=O)C3CC23)cc1. The summed E-state index contributed by atoms with van der Waals surface area (Å²) in [6, 6.07) is 7.59. The molecule has 2 N–H and O–H groups in total. The second-order valence-corrected chi connectivity index (χ2v) is 5.85. The number of benzene rings is 1. The quantitative estimate of drug-likeness (QED) is 0.881. The minimum Gasteiger partial charge on any atom is -0.325 e. The number of hydrazone groups is 1. The van der Waals surface area contributed by atoms with Gasteiger partial charge in [-0.15, -0.1) is 0 Å². The molecule has 0 saturated heterocycles. The number of fused-ring (bicyclic) bond motifs is 1. The van der Waals surface area contributed by atoms with Crippen LogP contribution >= 0.6 is 11.8 Å². The van der Waals surface area contributed by atoms with Crippen LogP contribution in [0.25, 0.3) is 0 Å². The lowest BCUT2D eigenvalue weighted by Gasteiger charge is -2.12. The van der Waals surface area contributed by atoms with Crippen LogP contribution in [0.1, 0.15) is 12.0 Å². The van der Waals surface area contributed by atoms with E-state index >= 15 is 0 Å². The van der Waals surface area contributed by atoms with Crippen molar-refractivity contribution in [3.05, 3.63) is 29.8 Å². The highest BCUT2D eigenvalue weighted by Gasteiger charge is 2.49. The van der Waals surface area contributed by atoms with Gasteiger partial charge in [-0.1, -0.05) is 12.1 Å². The Morgan fingerprint density at radius 2 is 2.15 bits per heavy atom. The third-order valence-corrected chi connectivity index (χ3v) is 4.06. The summed E-state index contributed by atoms with van der Waals surface area (Å²) in [7, 11) is 0. The number of hydrogen-bond acceptors (Lipinski definition) is 4. The first-order valence-electron chi connectivity index (χ1n) is 6.45. The number of nitrogens with one attached hydrogen (secondary N) is 2. The Morgan fingerprint density at radius 3 is 2.85 bits per heavy atom. The largest absolute Gasteiger partial charge is 0.325 e. The zero-order chi connectivity index (χ0) is 14.1. The van der Waals surface area contributed by atoms with Gasteiger partial charge in [0.1, 0.15) is 0 Å². The summed E-state index contributed by atoms with van der Waals surface area (Å²) >= 11 is 1.49. The van der Waals surface area contributed by atoms with Crippen LogP contribution in [-0.2, 0) is 9.59 Å². The average molecular weight is 289 g/mol. The minimum atomic E-state index is -0.00484. The van der Waals surface area contributed by atoms with Gasteiger partial charge in [0.25, 0.3) is 0 Å². The molecule has 1 fully saturated rings. The first-order chi connectivity index (χ1) is 9.69. The Kier molecular flexibility index (Phi) is 3.48. The summed E-state index contributed by atoms with van der Waals surface area (Å²) in [4.78, 5) is 22.9. The second-order valence-electron chi connectivity index (χ2n) is 4.98. The van der Waals surface area contributed by atoms with Crippen molar-refractivity contribution >= 4 is 35.0 Å². The lowest BCUT2D eigenvalue weighted by Crippen LogP contribution is -2.28. The summed E-state index contributed by atoms with van der Waals surface area (Å²) in [6.07, 6.45) is 2.78. The number of nitrogens with zero attached hydrogens (tertiary/aromatic N) is 1. The van der Waals surface area contributed by atoms with Crippen molar-refractivity contribution in [1.29, 1.82) is 0 Å². The predicted octanol–water partition coefficient (Wildman–Crippen LogP) is 1.46. The van der Waals surface area contributed by atoms with Gasteiger partial charge in [-0.05, 0) is 30.4 Å². The molecular formula is C14H15N3O2S. The molecule has 0 aromatic heterocycles. The van der Waals surface area contributed by atoms with Gasteiger partial charge >= 0.3 is 0 Å². The molecule has 5 nitrogen and oxygen atoms in total. The van der Waals surface area contributed by atoms with Crippen LogP contribution in [0.4, 0.5) is 5.69 Å². The fraction of sp³-hybridized carbons (Fsp3) is 0.357. The summed E-state index contributed by atoms with van der Waals surface area (Å²) < 4.78 is 0. The van der Waals surface area contributed by atoms with Crippen molar-refractivity contribution < 1.29 is 9.59 Å². The molecule has 104 valence electrons. The van der Waals surface area contributed by atoms with E-state index in [9.17, 15) is 9.59 Å². The number of rotatable bonds is 4. The molecule has 1 aliphatic heterocycles. The molecule has 2 aliphatic rings. The van der Waals surface area contributed by atoms with E-state index in [2.05, 4.69) is 15.8 Å². The highest BCUT2D eigenvalue weighted by atomic mass is 32.2. The standard InChI is InChI=1S/C14H15N3O2S/c1-20-7-12(18)15-9-4-2-8(3-5-9)13-10-6-11(10)14(19)17-16-13/h2-5,10-11H,6-7H2,1H3,(H,15,18)(H,17,19). The smallest absolute Gasteiger partial charge is 0.243 e. The molecular weight excluding hydrogens is 274 g/mol. The van der Waals surface area contributed by atoms with Gasteiger partial charge in [0.05, 0.1) is 11.5 Å². The lowest BCUT2D eigenvalue weighted by atomic mass is 10.0. The number of amides is 2. The molecule has 2 atom stereocenters. The van der Waals surface area contributed by atoms with Crippen molar-refractivity contribution in [2.24, 2.45) is 16.9 Å². The van der Waals surface area contributed by atoms with Gasteiger partial charge < -0.3 is 5.32 Å². The maximum atomic E-state index is 11.5. The zero-order valence-corrected chi connectivity index (χ0v) is 11.9. The number of carbonyl (C=O) groups is 2. The molecule has 6 heteroatoms. The van der Waals surface area contributed by atoms with Crippen molar-refractivity contribution in [2.75, 3.05) is 17.3 Å². The van der Waals surface area contributed by atoms with Gasteiger partial charge in [0, 0.05) is 17.5 Å². The van der Waals surface area contributed by atoms with Crippen molar-refractivity contribution in [3.8, 4) is 0 Å². The fourth-order valence-electron chi connectivity index (χ4n) is 2.40. The molecule has 0 spiro atoms. The second kappa shape index (κ2) is 5.28. The topological polar surface area (TPSA) is 70.6 Å². The van der Waals surface area contributed by atoms with Crippen LogP contribution in [-0.4, -0.2) is 29.5 Å². The summed E-state index contributed by atoms with van der Waals surface area (Å²) in [5.41, 5.74) is 5.28. The van der Waals surface area contributed by atoms with Gasteiger partial charge in [0.2, 0.25) is 11.8 Å². The molecule has 1 aliphatic carbocycles. The predicted molar refractivity (Wildman–Crippen MR) is 79.7 cm³/mol. The number of thioether (sulfide) groups is 1. The van der Waals surface area contributed by atoms with Crippen LogP contribution in [0.5, 0.6) is 0 Å². The molecule has 1 aromatic carbocycles. The molecule has 1 saturated carbocycles. The number of anilines is 1. The molecule has 1 heterocycles. The third-order valence-electron chi connectivity index (χ3n) is 3.50. The van der Waals surface area contributed by atoms with Crippen LogP contribution in [0.15, 0.2) is 29.4 Å². The normalized spacial score (nSPS) is 23.4. The van der Waals surface area contributed by atoms with E-state index in [1.165, 1.54) is 11.8 Å². The maximum absolute atomic E-state index is 11.5. The summed E-state index contributed by atoms with van der Waals surface area (Å²) in [5.74, 6) is 0.836. The molecule has 0 bridgehead atoms. The number of carbonyl (C=O) groups excluding carboxylic acids is 2. The van der Waals surface area contributed by atoms with Crippen LogP contribution in [0, 0.1) is 11.8 Å². The van der Waals surface area contributed by atoms with Gasteiger partial charge in [-0.25, -0.2) is 5.43 Å². The van der Waals surface area contributed by atoms with Gasteiger partial charge in [-0.3, -0.25) is 9.59 Å². The first kappa shape index (κ1) is 13.2. The van der Waals surface area contributed by atoms with E-state index in [4.69, 9.17) is 0 Å². The minimum absolute atomic E-state index is 0.00484. The van der Waals surface area contributed by atoms with Crippen molar-refractivity contribution in [3.63, 3.8) is 0 Å². The van der Waals surface area contributed by atoms with Gasteiger partial charge in [0.15, 0.2) is 0 Å². The van der Waals surface area contributed by atoms with Crippen molar-refractivity contribution in [1.82, 2.24) is 5.43 Å². The van der Waals surface area contributed by atoms with E-state index in [0.29, 0.717) is 5.75 Å². The summed E-state index contributed by atoms with van der Waals surface area (Å²) in [5, 5.41) is 6.98. The molecule has 2 amide bonds. The highest BCUT2D eigenvalue weighted by Crippen LogP contribution is 2.43. The van der Waals surface area contributed by atoms with E-state index in [1.807, 2.05) is 30.5 Å². The van der Waals surface area contributed by atoms with Crippen LogP contribution in [0.3, 0.4) is 0 Å². The van der Waals surface area contributed by atoms with Gasteiger partial charge in [-0.2, -0.15) is 16.9 Å². The van der Waals surface area contributed by atoms with E-state index in [-0.39, 0.29) is 23.7 Å². The molecule has 2 unspecified atom stereocenters. The van der Waals surface area contributed by atoms with E-state index in [0.717, 1.165) is 23.4 Å². The fourth-order valence-corrected chi connectivity index (χ4v) is 2.73. The van der Waals surface area contributed by atoms with Crippen LogP contribution in [0.2, 0.25) is 0 Å². The Balaban J connectivity index is 1.71. The first-order valence-corrected chi connectivity index (χ1v) is 7.85. The molecule has 1 aromatic rings. The third kappa shape index (κ3) is 2.56. The number of hydrogen-bond donors (Lipinski definition) is 2. The summed E-state index contributed by atoms with van der Waals surface area (Å²) in [6.45, 7) is 0. The molecule has 20 heavy (non-hydrogen) atoms. The lowest BCUT2D eigenvalue weighted by molar-refractivity contribution is -0.122. The Bertz CT molecular complexity index is 583. The van der Waals surface area contributed by atoms with E-state index < -0.39 is 0 Å². The van der Waals surface area contributed by atoms with Crippen LogP contribution < -0.4 is 10.7 Å².